The van der Waals surface area contributed by atoms with Crippen LogP contribution in [0.15, 0.2) is 0 Å². The number of carbonyl (C=O) groups is 2. The minimum atomic E-state index is -2.49. The molecule has 0 fully saturated rings. The standard InChI is InChI=1S/C6H10O4/c1-2-5(3-7)6(9,10)4-8/h3-5,9-10H,2H2,1H3. The Bertz CT molecular complexity index is 130. The second kappa shape index (κ2) is 3.43. The summed E-state index contributed by atoms with van der Waals surface area (Å²) in [4.78, 5) is 20.0. The fourth-order valence-corrected chi connectivity index (χ4v) is 0.584. The Balaban J connectivity index is 4.24. The van der Waals surface area contributed by atoms with Gasteiger partial charge in [0.2, 0.25) is 5.79 Å². The van der Waals surface area contributed by atoms with Crippen LogP contribution in [-0.4, -0.2) is 28.6 Å². The lowest BCUT2D eigenvalue weighted by atomic mass is 9.99. The van der Waals surface area contributed by atoms with Crippen molar-refractivity contribution in [1.82, 2.24) is 0 Å². The quantitative estimate of drug-likeness (QED) is 0.398. The van der Waals surface area contributed by atoms with Crippen LogP contribution in [0.25, 0.3) is 0 Å². The van der Waals surface area contributed by atoms with E-state index in [2.05, 4.69) is 0 Å². The molecule has 0 spiro atoms. The molecule has 0 rings (SSSR count). The number of hydrogen-bond donors (Lipinski definition) is 2. The van der Waals surface area contributed by atoms with Crippen molar-refractivity contribution in [1.29, 1.82) is 0 Å². The van der Waals surface area contributed by atoms with Gasteiger partial charge < -0.3 is 15.0 Å². The highest BCUT2D eigenvalue weighted by Gasteiger charge is 2.32. The summed E-state index contributed by atoms with van der Waals surface area (Å²) < 4.78 is 0. The third-order valence-electron chi connectivity index (χ3n) is 1.32. The molecule has 1 atom stereocenters. The second-order valence-corrected chi connectivity index (χ2v) is 2.05. The summed E-state index contributed by atoms with van der Waals surface area (Å²) in [6.45, 7) is 1.59. The normalized spacial score (nSPS) is 14.3. The van der Waals surface area contributed by atoms with Crippen molar-refractivity contribution in [2.24, 2.45) is 5.92 Å². The van der Waals surface area contributed by atoms with Gasteiger partial charge in [0.1, 0.15) is 6.29 Å². The number of carbonyl (C=O) groups excluding carboxylic acids is 2. The van der Waals surface area contributed by atoms with Crippen LogP contribution in [0.4, 0.5) is 0 Å². The van der Waals surface area contributed by atoms with Crippen molar-refractivity contribution in [3.05, 3.63) is 0 Å². The van der Waals surface area contributed by atoms with E-state index in [0.29, 0.717) is 6.29 Å². The van der Waals surface area contributed by atoms with Gasteiger partial charge in [0.25, 0.3) is 0 Å². The summed E-state index contributed by atoms with van der Waals surface area (Å²) >= 11 is 0. The molecule has 4 nitrogen and oxygen atoms in total. The zero-order chi connectivity index (χ0) is 8.20. The fourth-order valence-electron chi connectivity index (χ4n) is 0.584. The van der Waals surface area contributed by atoms with Gasteiger partial charge in [0.05, 0.1) is 5.92 Å². The van der Waals surface area contributed by atoms with Crippen LogP contribution < -0.4 is 0 Å². The highest BCUT2D eigenvalue weighted by molar-refractivity contribution is 5.69. The van der Waals surface area contributed by atoms with Crippen LogP contribution in [0.3, 0.4) is 0 Å². The monoisotopic (exact) mass is 146 g/mol. The van der Waals surface area contributed by atoms with Crippen LogP contribution in [0.1, 0.15) is 13.3 Å². The average Bonchev–Trinajstić information content (AvgIpc) is 1.90. The molecular weight excluding hydrogens is 136 g/mol. The van der Waals surface area contributed by atoms with Gasteiger partial charge in [0.15, 0.2) is 6.29 Å². The smallest absolute Gasteiger partial charge is 0.230 e. The van der Waals surface area contributed by atoms with Gasteiger partial charge >= 0.3 is 0 Å². The maximum atomic E-state index is 10.1. The molecular formula is C6H10O4. The molecule has 0 aliphatic rings. The van der Waals surface area contributed by atoms with Crippen molar-refractivity contribution in [3.63, 3.8) is 0 Å². The maximum Gasteiger partial charge on any atom is 0.230 e. The Hall–Kier alpha value is -0.740. The summed E-state index contributed by atoms with van der Waals surface area (Å²) in [7, 11) is 0. The molecule has 4 heteroatoms. The topological polar surface area (TPSA) is 74.6 Å². The van der Waals surface area contributed by atoms with E-state index in [1.165, 1.54) is 0 Å². The van der Waals surface area contributed by atoms with Gasteiger partial charge in [-0.1, -0.05) is 6.92 Å². The first-order valence-electron chi connectivity index (χ1n) is 2.94. The Morgan fingerprint density at radius 2 is 2.00 bits per heavy atom. The molecule has 0 saturated carbocycles. The molecule has 0 aromatic rings. The Labute approximate surface area is 58.5 Å². The Morgan fingerprint density at radius 3 is 2.10 bits per heavy atom. The van der Waals surface area contributed by atoms with Gasteiger partial charge in [-0.25, -0.2) is 0 Å². The van der Waals surface area contributed by atoms with Gasteiger partial charge in [-0.15, -0.1) is 0 Å². The van der Waals surface area contributed by atoms with Crippen LogP contribution in [0.2, 0.25) is 0 Å². The molecule has 0 bridgehead atoms. The fraction of sp³-hybridized carbons (Fsp3) is 0.667. The Kier molecular flexibility index (Phi) is 3.18. The van der Waals surface area contributed by atoms with Crippen molar-refractivity contribution in [2.75, 3.05) is 0 Å². The molecule has 10 heavy (non-hydrogen) atoms. The van der Waals surface area contributed by atoms with E-state index in [9.17, 15) is 9.59 Å². The average molecular weight is 146 g/mol. The van der Waals surface area contributed by atoms with Crippen molar-refractivity contribution in [3.8, 4) is 0 Å². The van der Waals surface area contributed by atoms with Crippen LogP contribution >= 0.6 is 0 Å². The van der Waals surface area contributed by atoms with Gasteiger partial charge in [0, 0.05) is 0 Å². The maximum absolute atomic E-state index is 10.1. The molecule has 0 heterocycles. The minimum absolute atomic E-state index is 0.0461. The van der Waals surface area contributed by atoms with Gasteiger partial charge in [-0.2, -0.15) is 0 Å². The lowest BCUT2D eigenvalue weighted by molar-refractivity contribution is -0.189. The van der Waals surface area contributed by atoms with E-state index in [1.807, 2.05) is 0 Å². The van der Waals surface area contributed by atoms with Crippen molar-refractivity contribution < 1.29 is 19.8 Å². The number of rotatable bonds is 4. The summed E-state index contributed by atoms with van der Waals surface area (Å²) in [5.74, 6) is -3.51. The molecule has 0 aliphatic heterocycles. The largest absolute Gasteiger partial charge is 0.359 e. The van der Waals surface area contributed by atoms with E-state index >= 15 is 0 Å². The summed E-state index contributed by atoms with van der Waals surface area (Å²) in [5.41, 5.74) is 0. The zero-order valence-corrected chi connectivity index (χ0v) is 5.65. The summed E-state index contributed by atoms with van der Waals surface area (Å²) in [6, 6.07) is 0. The van der Waals surface area contributed by atoms with Crippen LogP contribution in [0, 0.1) is 5.92 Å². The molecule has 0 aromatic heterocycles. The third-order valence-corrected chi connectivity index (χ3v) is 1.32. The van der Waals surface area contributed by atoms with Crippen molar-refractivity contribution in [2.45, 2.75) is 19.1 Å². The Morgan fingerprint density at radius 1 is 1.50 bits per heavy atom. The summed E-state index contributed by atoms with van der Waals surface area (Å²) in [5, 5.41) is 17.5. The first-order valence-corrected chi connectivity index (χ1v) is 2.94. The van der Waals surface area contributed by atoms with E-state index in [0.717, 1.165) is 0 Å². The first kappa shape index (κ1) is 9.26. The minimum Gasteiger partial charge on any atom is -0.359 e. The molecule has 1 unspecified atom stereocenters. The SMILES string of the molecule is CCC(C=O)C(O)(O)C=O. The highest BCUT2D eigenvalue weighted by Crippen LogP contribution is 2.12. The number of aliphatic hydroxyl groups is 2. The van der Waals surface area contributed by atoms with Crippen LogP contribution in [0.5, 0.6) is 0 Å². The second-order valence-electron chi connectivity index (χ2n) is 2.05. The molecule has 0 aliphatic carbocycles. The third kappa shape index (κ3) is 1.89. The molecule has 0 aromatic carbocycles. The molecule has 2 N–H and O–H groups in total. The van der Waals surface area contributed by atoms with Gasteiger partial charge in [-0.3, -0.25) is 4.79 Å². The van der Waals surface area contributed by atoms with E-state index in [1.54, 1.807) is 6.92 Å². The zero-order valence-electron chi connectivity index (χ0n) is 5.65. The lowest BCUT2D eigenvalue weighted by Crippen LogP contribution is -2.39. The van der Waals surface area contributed by atoms with Crippen molar-refractivity contribution >= 4 is 12.6 Å². The van der Waals surface area contributed by atoms with Gasteiger partial charge in [-0.05, 0) is 6.42 Å². The predicted octanol–water partition coefficient (Wildman–Crippen LogP) is -0.909. The van der Waals surface area contributed by atoms with E-state index in [4.69, 9.17) is 10.2 Å². The highest BCUT2D eigenvalue weighted by atomic mass is 16.5. The molecule has 0 radical (unpaired) electrons. The molecule has 0 amide bonds. The van der Waals surface area contributed by atoms with E-state index in [-0.39, 0.29) is 12.7 Å². The van der Waals surface area contributed by atoms with Crippen LogP contribution in [-0.2, 0) is 9.59 Å². The molecule has 0 saturated heterocycles. The first-order chi connectivity index (χ1) is 4.58. The predicted molar refractivity (Wildman–Crippen MR) is 33.1 cm³/mol. The molecule has 58 valence electrons. The number of aldehydes is 2. The number of hydrogen-bond acceptors (Lipinski definition) is 4. The van der Waals surface area contributed by atoms with E-state index < -0.39 is 11.7 Å². The lowest BCUT2D eigenvalue weighted by Gasteiger charge is -2.19. The summed E-state index contributed by atoms with van der Waals surface area (Å²) in [6.07, 6.45) is 0.541.